The molecule has 6 rings (SSSR count). The van der Waals surface area contributed by atoms with E-state index in [1.165, 1.54) is 12.1 Å². The van der Waals surface area contributed by atoms with Crippen LogP contribution in [0.2, 0.25) is 0 Å². The van der Waals surface area contributed by atoms with Crippen molar-refractivity contribution in [2.24, 2.45) is 0 Å². The molecule has 0 unspecified atom stereocenters. The first-order chi connectivity index (χ1) is 20.6. The smallest absolute Gasteiger partial charge is 0.254 e. The number of amides is 1. The monoisotopic (exact) mass is 605 g/mol. The van der Waals surface area contributed by atoms with Crippen molar-refractivity contribution in [3.8, 4) is 22.4 Å². The lowest BCUT2D eigenvalue weighted by Gasteiger charge is -2.32. The maximum absolute atomic E-state index is 15.3. The molecule has 2 aliphatic heterocycles. The van der Waals surface area contributed by atoms with Crippen molar-refractivity contribution in [1.82, 2.24) is 24.7 Å². The molecule has 43 heavy (non-hydrogen) atoms. The number of sulfone groups is 1. The Hall–Kier alpha value is -3.80. The number of benzene rings is 3. The molecule has 2 saturated heterocycles. The van der Waals surface area contributed by atoms with Gasteiger partial charge < -0.3 is 9.80 Å². The zero-order valence-electron chi connectivity index (χ0n) is 24.2. The summed E-state index contributed by atoms with van der Waals surface area (Å²) in [6.07, 6.45) is 1.66. The van der Waals surface area contributed by atoms with Gasteiger partial charge >= 0.3 is 0 Å². The van der Waals surface area contributed by atoms with Gasteiger partial charge in [0.05, 0.1) is 34.4 Å². The first-order valence-electron chi connectivity index (χ1n) is 14.3. The van der Waals surface area contributed by atoms with E-state index in [4.69, 9.17) is 4.98 Å². The van der Waals surface area contributed by atoms with E-state index in [0.717, 1.165) is 24.2 Å². The minimum atomic E-state index is -3.09. The molecular weight excluding hydrogens is 572 g/mol. The second kappa shape index (κ2) is 11.7. The van der Waals surface area contributed by atoms with E-state index in [0.29, 0.717) is 46.5 Å². The molecule has 0 bridgehead atoms. The maximum Gasteiger partial charge on any atom is 0.254 e. The van der Waals surface area contributed by atoms with Gasteiger partial charge in [-0.1, -0.05) is 18.2 Å². The minimum Gasteiger partial charge on any atom is -0.336 e. The molecule has 2 fully saturated rings. The highest BCUT2D eigenvalue weighted by molar-refractivity contribution is 7.91. The van der Waals surface area contributed by atoms with E-state index < -0.39 is 21.5 Å². The Morgan fingerprint density at radius 3 is 2.28 bits per heavy atom. The fraction of sp³-hybridized carbons (Fsp3) is 0.344. The van der Waals surface area contributed by atoms with E-state index in [-0.39, 0.29) is 42.6 Å². The highest BCUT2D eigenvalue weighted by atomic mass is 32.2. The van der Waals surface area contributed by atoms with Gasteiger partial charge in [0.1, 0.15) is 11.6 Å². The molecule has 4 aromatic rings. The number of likely N-dealkylation sites (N-methyl/N-ethyl adjacent to an activating group) is 1. The van der Waals surface area contributed by atoms with E-state index >= 15 is 8.78 Å². The van der Waals surface area contributed by atoms with Crippen LogP contribution in [0.3, 0.4) is 0 Å². The molecule has 0 aliphatic carbocycles. The van der Waals surface area contributed by atoms with Gasteiger partial charge in [-0.05, 0) is 55.4 Å². The van der Waals surface area contributed by atoms with Crippen LogP contribution in [0.4, 0.5) is 8.78 Å². The summed E-state index contributed by atoms with van der Waals surface area (Å²) in [4.78, 5) is 28.4. The lowest BCUT2D eigenvalue weighted by molar-refractivity contribution is 0.0663. The summed E-state index contributed by atoms with van der Waals surface area (Å²) >= 11 is 0. The summed E-state index contributed by atoms with van der Waals surface area (Å²) in [6.45, 7) is 5.48. The Kier molecular flexibility index (Phi) is 7.97. The summed E-state index contributed by atoms with van der Waals surface area (Å²) in [5.41, 5.74) is 4.73. The molecule has 8 nitrogen and oxygen atoms in total. The number of piperazine rings is 1. The molecule has 224 valence electrons. The van der Waals surface area contributed by atoms with Gasteiger partial charge in [-0.15, -0.1) is 0 Å². The minimum absolute atomic E-state index is 0.000382. The zero-order chi connectivity index (χ0) is 30.3. The van der Waals surface area contributed by atoms with Gasteiger partial charge in [0, 0.05) is 68.1 Å². The SMILES string of the molecule is Cc1cc(-c2cnc3cccc(-c4cc(F)c(CN5CCS(=O)(=O)CC5)c(F)c4)c3n2)ccc1C(=O)N1CCN(C)CC1. The zero-order valence-corrected chi connectivity index (χ0v) is 25.0. The number of nitrogens with zero attached hydrogens (tertiary/aromatic N) is 5. The van der Waals surface area contributed by atoms with Crippen LogP contribution in [0.15, 0.2) is 54.7 Å². The third kappa shape index (κ3) is 6.15. The van der Waals surface area contributed by atoms with Gasteiger partial charge in [0.15, 0.2) is 9.84 Å². The molecular formula is C32H33F2N5O3S. The Labute approximate surface area is 249 Å². The first kappa shape index (κ1) is 29.3. The number of carbonyl (C=O) groups excluding carboxylic acids is 1. The molecule has 3 heterocycles. The lowest BCUT2D eigenvalue weighted by atomic mass is 10.00. The van der Waals surface area contributed by atoms with Crippen molar-refractivity contribution < 1.29 is 22.0 Å². The van der Waals surface area contributed by atoms with Gasteiger partial charge in [-0.2, -0.15) is 0 Å². The average Bonchev–Trinajstić information content (AvgIpc) is 2.99. The third-order valence-electron chi connectivity index (χ3n) is 8.39. The summed E-state index contributed by atoms with van der Waals surface area (Å²) in [6, 6.07) is 13.5. The Morgan fingerprint density at radius 1 is 0.907 bits per heavy atom. The molecule has 0 N–H and O–H groups in total. The number of hydrogen-bond donors (Lipinski definition) is 0. The van der Waals surface area contributed by atoms with E-state index in [1.807, 2.05) is 37.1 Å². The van der Waals surface area contributed by atoms with Crippen molar-refractivity contribution in [3.05, 3.63) is 83.1 Å². The van der Waals surface area contributed by atoms with Gasteiger partial charge in [0.2, 0.25) is 0 Å². The molecule has 2 aliphatic rings. The molecule has 0 saturated carbocycles. The van der Waals surface area contributed by atoms with Crippen LogP contribution in [0, 0.1) is 18.6 Å². The number of para-hydroxylation sites is 1. The van der Waals surface area contributed by atoms with Crippen LogP contribution in [-0.4, -0.2) is 96.8 Å². The Morgan fingerprint density at radius 2 is 1.60 bits per heavy atom. The van der Waals surface area contributed by atoms with E-state index in [9.17, 15) is 13.2 Å². The number of fused-ring (bicyclic) bond motifs is 1. The number of hydrogen-bond acceptors (Lipinski definition) is 7. The van der Waals surface area contributed by atoms with Crippen molar-refractivity contribution in [2.45, 2.75) is 13.5 Å². The normalized spacial score (nSPS) is 17.8. The average molecular weight is 606 g/mol. The summed E-state index contributed by atoms with van der Waals surface area (Å²) < 4.78 is 54.1. The molecule has 0 atom stereocenters. The van der Waals surface area contributed by atoms with Gasteiger partial charge in [-0.25, -0.2) is 22.2 Å². The van der Waals surface area contributed by atoms with Crippen LogP contribution in [0.5, 0.6) is 0 Å². The second-order valence-electron chi connectivity index (χ2n) is 11.4. The highest BCUT2D eigenvalue weighted by Gasteiger charge is 2.25. The third-order valence-corrected chi connectivity index (χ3v) is 10.00. The molecule has 0 spiro atoms. The van der Waals surface area contributed by atoms with E-state index in [2.05, 4.69) is 9.88 Å². The molecule has 1 aromatic heterocycles. The largest absolute Gasteiger partial charge is 0.336 e. The van der Waals surface area contributed by atoms with Crippen LogP contribution in [0.25, 0.3) is 33.4 Å². The quantitative estimate of drug-likeness (QED) is 0.338. The first-order valence-corrected chi connectivity index (χ1v) is 16.2. The number of aryl methyl sites for hydroxylation is 1. The fourth-order valence-electron chi connectivity index (χ4n) is 5.69. The van der Waals surface area contributed by atoms with Crippen molar-refractivity contribution in [2.75, 3.05) is 57.8 Å². The Balaban J connectivity index is 1.28. The van der Waals surface area contributed by atoms with Crippen molar-refractivity contribution in [1.29, 1.82) is 0 Å². The number of rotatable bonds is 5. The predicted octanol–water partition coefficient (Wildman–Crippen LogP) is 4.17. The van der Waals surface area contributed by atoms with Crippen LogP contribution < -0.4 is 0 Å². The predicted molar refractivity (Wildman–Crippen MR) is 162 cm³/mol. The van der Waals surface area contributed by atoms with Crippen molar-refractivity contribution >= 4 is 26.8 Å². The second-order valence-corrected chi connectivity index (χ2v) is 13.7. The van der Waals surface area contributed by atoms with Gasteiger partial charge in [-0.3, -0.25) is 14.7 Å². The van der Waals surface area contributed by atoms with Crippen LogP contribution in [0.1, 0.15) is 21.5 Å². The molecule has 0 radical (unpaired) electrons. The topological polar surface area (TPSA) is 86.7 Å². The maximum atomic E-state index is 15.3. The Bertz CT molecular complexity index is 1790. The fourth-order valence-corrected chi connectivity index (χ4v) is 6.97. The summed E-state index contributed by atoms with van der Waals surface area (Å²) in [7, 11) is -1.04. The van der Waals surface area contributed by atoms with Crippen LogP contribution >= 0.6 is 0 Å². The molecule has 11 heteroatoms. The summed E-state index contributed by atoms with van der Waals surface area (Å²) in [5.74, 6) is -1.40. The molecule has 1 amide bonds. The number of carbonyl (C=O) groups is 1. The van der Waals surface area contributed by atoms with E-state index in [1.54, 1.807) is 29.3 Å². The summed E-state index contributed by atoms with van der Waals surface area (Å²) in [5, 5.41) is 0. The van der Waals surface area contributed by atoms with Crippen molar-refractivity contribution in [3.63, 3.8) is 0 Å². The number of aromatic nitrogens is 2. The standard InChI is InChI=1S/C32H33F2N5O3S/c1-21-16-22(6-7-24(21)32(40)39-10-8-37(2)9-11-39)30-19-35-29-5-3-4-25(31(29)36-30)23-17-27(33)26(28(34)18-23)20-38-12-14-43(41,42)15-13-38/h3-7,16-19H,8-15,20H2,1-2H3. The lowest BCUT2D eigenvalue weighted by Crippen LogP contribution is -2.47. The van der Waals surface area contributed by atoms with Crippen LogP contribution in [-0.2, 0) is 16.4 Å². The highest BCUT2D eigenvalue weighted by Crippen LogP contribution is 2.32. The molecule has 3 aromatic carbocycles. The number of halogens is 2. The van der Waals surface area contributed by atoms with Gasteiger partial charge in [0.25, 0.3) is 5.91 Å².